The molecule has 0 radical (unpaired) electrons. The van der Waals surface area contributed by atoms with Crippen LogP contribution in [0.2, 0.25) is 0 Å². The molecule has 1 aromatic rings. The van der Waals surface area contributed by atoms with E-state index in [-0.39, 0.29) is 17.9 Å². The Bertz CT molecular complexity index is 353. The zero-order chi connectivity index (χ0) is 9.84. The Balaban J connectivity index is 3.16. The van der Waals surface area contributed by atoms with E-state index in [2.05, 4.69) is 0 Å². The molecule has 13 heavy (non-hydrogen) atoms. The van der Waals surface area contributed by atoms with Gasteiger partial charge in [-0.3, -0.25) is 0 Å². The van der Waals surface area contributed by atoms with Crippen LogP contribution in [0.15, 0.2) is 12.1 Å². The molecule has 0 aliphatic rings. The van der Waals surface area contributed by atoms with Crippen molar-refractivity contribution < 1.29 is 10.2 Å². The normalized spacial score (nSPS) is 9.54. The van der Waals surface area contributed by atoms with Crippen LogP contribution in [0.1, 0.15) is 18.1 Å². The van der Waals surface area contributed by atoms with Crippen molar-refractivity contribution in [2.24, 2.45) is 0 Å². The number of hydrogen-bond donors (Lipinski definition) is 2. The Morgan fingerprint density at radius 3 is 2.38 bits per heavy atom. The average molecular weight is 177 g/mol. The molecule has 3 heteroatoms. The minimum atomic E-state index is -0.0174. The number of phenolic OH excluding ortho intramolecular Hbond substituents is 2. The Labute approximate surface area is 76.9 Å². The minimum Gasteiger partial charge on any atom is -0.508 e. The summed E-state index contributed by atoms with van der Waals surface area (Å²) in [5, 5.41) is 27.1. The standard InChI is InChI=1S/C10H11NO2/c1-2-7-5-8(3-4-11)10(13)6-9(7)12/h5-6,12-13H,2-3H2,1H3. The maximum atomic E-state index is 9.34. The van der Waals surface area contributed by atoms with Crippen LogP contribution in [0.3, 0.4) is 0 Å². The molecule has 0 saturated heterocycles. The molecule has 0 aliphatic carbocycles. The van der Waals surface area contributed by atoms with E-state index >= 15 is 0 Å². The van der Waals surface area contributed by atoms with Crippen molar-refractivity contribution in [3.63, 3.8) is 0 Å². The molecule has 68 valence electrons. The number of nitrogens with zero attached hydrogens (tertiary/aromatic N) is 1. The smallest absolute Gasteiger partial charge is 0.123 e. The van der Waals surface area contributed by atoms with Gasteiger partial charge in [0, 0.05) is 11.6 Å². The highest BCUT2D eigenvalue weighted by Crippen LogP contribution is 2.27. The quantitative estimate of drug-likeness (QED) is 0.723. The van der Waals surface area contributed by atoms with Crippen LogP contribution in [-0.2, 0) is 12.8 Å². The lowest BCUT2D eigenvalue weighted by molar-refractivity contribution is 0.443. The molecule has 1 rings (SSSR count). The van der Waals surface area contributed by atoms with Gasteiger partial charge in [-0.2, -0.15) is 5.26 Å². The number of rotatable bonds is 2. The maximum absolute atomic E-state index is 9.34. The van der Waals surface area contributed by atoms with Gasteiger partial charge in [0.1, 0.15) is 11.5 Å². The molecule has 0 bridgehead atoms. The lowest BCUT2D eigenvalue weighted by atomic mass is 10.0. The Morgan fingerprint density at radius 2 is 1.85 bits per heavy atom. The Morgan fingerprint density at radius 1 is 1.23 bits per heavy atom. The van der Waals surface area contributed by atoms with E-state index in [0.29, 0.717) is 12.0 Å². The molecule has 0 aliphatic heterocycles. The summed E-state index contributed by atoms with van der Waals surface area (Å²) in [6, 6.07) is 4.90. The summed E-state index contributed by atoms with van der Waals surface area (Å²) < 4.78 is 0. The molecule has 0 fully saturated rings. The average Bonchev–Trinajstić information content (AvgIpc) is 2.10. The first-order valence-electron chi connectivity index (χ1n) is 4.09. The molecule has 0 amide bonds. The lowest BCUT2D eigenvalue weighted by Gasteiger charge is -2.05. The summed E-state index contributed by atoms with van der Waals surface area (Å²) >= 11 is 0. The van der Waals surface area contributed by atoms with E-state index < -0.39 is 0 Å². The van der Waals surface area contributed by atoms with E-state index in [1.165, 1.54) is 6.07 Å². The van der Waals surface area contributed by atoms with Crippen LogP contribution in [0.5, 0.6) is 11.5 Å². The molecule has 0 spiro atoms. The van der Waals surface area contributed by atoms with E-state index in [0.717, 1.165) is 5.56 Å². The van der Waals surface area contributed by atoms with Crippen LogP contribution in [0, 0.1) is 11.3 Å². The Kier molecular flexibility index (Phi) is 2.76. The van der Waals surface area contributed by atoms with E-state index in [4.69, 9.17) is 5.26 Å². The second kappa shape index (κ2) is 3.81. The highest BCUT2D eigenvalue weighted by Gasteiger charge is 2.06. The number of phenols is 2. The van der Waals surface area contributed by atoms with Crippen molar-refractivity contribution in [2.45, 2.75) is 19.8 Å². The molecule has 0 saturated carbocycles. The summed E-state index contributed by atoms with van der Waals surface area (Å²) in [5.41, 5.74) is 1.32. The topological polar surface area (TPSA) is 64.2 Å². The predicted molar refractivity (Wildman–Crippen MR) is 48.5 cm³/mol. The van der Waals surface area contributed by atoms with Gasteiger partial charge in [0.05, 0.1) is 12.5 Å². The molecule has 3 nitrogen and oxygen atoms in total. The van der Waals surface area contributed by atoms with Crippen molar-refractivity contribution >= 4 is 0 Å². The second-order valence-corrected chi connectivity index (χ2v) is 2.80. The van der Waals surface area contributed by atoms with Crippen LogP contribution in [0.4, 0.5) is 0 Å². The van der Waals surface area contributed by atoms with Gasteiger partial charge in [0.25, 0.3) is 0 Å². The molecule has 0 unspecified atom stereocenters. The van der Waals surface area contributed by atoms with Crippen molar-refractivity contribution in [3.05, 3.63) is 23.3 Å². The Hall–Kier alpha value is -1.69. The molecular weight excluding hydrogens is 166 g/mol. The van der Waals surface area contributed by atoms with Gasteiger partial charge in [-0.15, -0.1) is 0 Å². The third-order valence-electron chi connectivity index (χ3n) is 1.93. The largest absolute Gasteiger partial charge is 0.508 e. The van der Waals surface area contributed by atoms with Crippen molar-refractivity contribution in [1.29, 1.82) is 5.26 Å². The molecule has 2 N–H and O–H groups in total. The zero-order valence-electron chi connectivity index (χ0n) is 7.41. The fourth-order valence-corrected chi connectivity index (χ4v) is 1.18. The number of benzene rings is 1. The van der Waals surface area contributed by atoms with Gasteiger partial charge in [-0.1, -0.05) is 6.92 Å². The van der Waals surface area contributed by atoms with Gasteiger partial charge in [0.15, 0.2) is 0 Å². The van der Waals surface area contributed by atoms with Crippen molar-refractivity contribution in [1.82, 2.24) is 0 Å². The van der Waals surface area contributed by atoms with Gasteiger partial charge in [-0.25, -0.2) is 0 Å². The minimum absolute atomic E-state index is 0.0174. The van der Waals surface area contributed by atoms with E-state index in [9.17, 15) is 10.2 Å². The maximum Gasteiger partial charge on any atom is 0.123 e. The monoisotopic (exact) mass is 177 g/mol. The van der Waals surface area contributed by atoms with Crippen molar-refractivity contribution in [3.8, 4) is 17.6 Å². The number of hydrogen-bond acceptors (Lipinski definition) is 3. The van der Waals surface area contributed by atoms with Crippen LogP contribution in [-0.4, -0.2) is 10.2 Å². The summed E-state index contributed by atoms with van der Waals surface area (Å²) in [5.74, 6) is 0.0675. The van der Waals surface area contributed by atoms with Crippen molar-refractivity contribution in [2.75, 3.05) is 0 Å². The first kappa shape index (κ1) is 9.40. The summed E-state index contributed by atoms with van der Waals surface area (Å²) in [6.07, 6.45) is 0.851. The molecule has 1 aromatic carbocycles. The summed E-state index contributed by atoms with van der Waals surface area (Å²) in [7, 11) is 0. The molecule has 0 aromatic heterocycles. The zero-order valence-corrected chi connectivity index (χ0v) is 7.41. The highest BCUT2D eigenvalue weighted by molar-refractivity contribution is 5.46. The molecular formula is C10H11NO2. The SMILES string of the molecule is CCc1cc(CC#N)c(O)cc1O. The number of nitriles is 1. The van der Waals surface area contributed by atoms with Gasteiger partial charge in [0.2, 0.25) is 0 Å². The lowest BCUT2D eigenvalue weighted by Crippen LogP contribution is -1.88. The van der Waals surface area contributed by atoms with E-state index in [1.807, 2.05) is 13.0 Å². The summed E-state index contributed by atoms with van der Waals surface area (Å²) in [6.45, 7) is 1.91. The van der Waals surface area contributed by atoms with Crippen LogP contribution < -0.4 is 0 Å². The third kappa shape index (κ3) is 1.91. The summed E-state index contributed by atoms with van der Waals surface area (Å²) in [4.78, 5) is 0. The third-order valence-corrected chi connectivity index (χ3v) is 1.93. The van der Waals surface area contributed by atoms with Crippen LogP contribution >= 0.6 is 0 Å². The first-order valence-corrected chi connectivity index (χ1v) is 4.09. The first-order chi connectivity index (χ1) is 6.19. The van der Waals surface area contributed by atoms with Crippen LogP contribution in [0.25, 0.3) is 0 Å². The van der Waals surface area contributed by atoms with E-state index in [1.54, 1.807) is 6.07 Å². The fourth-order valence-electron chi connectivity index (χ4n) is 1.18. The number of aromatic hydroxyl groups is 2. The second-order valence-electron chi connectivity index (χ2n) is 2.80. The molecule has 0 atom stereocenters. The van der Waals surface area contributed by atoms with Gasteiger partial charge in [-0.05, 0) is 18.1 Å². The highest BCUT2D eigenvalue weighted by atomic mass is 16.3. The fraction of sp³-hybridized carbons (Fsp3) is 0.300. The predicted octanol–water partition coefficient (Wildman–Crippen LogP) is 1.73. The number of aryl methyl sites for hydroxylation is 1. The molecule has 0 heterocycles. The van der Waals surface area contributed by atoms with Gasteiger partial charge < -0.3 is 10.2 Å². The van der Waals surface area contributed by atoms with Gasteiger partial charge >= 0.3 is 0 Å².